The quantitative estimate of drug-likeness (QED) is 0.0605. The maximum absolute atomic E-state index is 14.0. The third-order valence-electron chi connectivity index (χ3n) is 12.3. The van der Waals surface area contributed by atoms with Gasteiger partial charge in [-0.15, -0.1) is 0 Å². The van der Waals surface area contributed by atoms with Crippen molar-refractivity contribution < 1.29 is 52.2 Å². The van der Waals surface area contributed by atoms with Crippen LogP contribution in [0.3, 0.4) is 0 Å². The van der Waals surface area contributed by atoms with Crippen LogP contribution in [-0.4, -0.2) is 94.8 Å². The first-order valence-corrected chi connectivity index (χ1v) is 23.9. The van der Waals surface area contributed by atoms with Crippen molar-refractivity contribution in [3.63, 3.8) is 0 Å². The standard InChI is InChI=1S/C57H64N2O11/c1-61-55-53(67-39-45-29-17-7-18-30-45)51(65-37-43-25-13-5-14-26-43)49(63-35-41-21-9-3-10-22-41)47(69-55)33-58-57(60)59-34-48-50(64-36-42-23-11-4-12-24-42)52(66-38-44-27-15-6-16-28-44)54(56(62-2)70-48)68-40-46-31-19-8-20-32-46/h3-32,47-56H,33-40H2,1-2H3,(H2,58,59,60)/t47-,48-,49-,50-,51+,52+,53-,54+,55+,56+/m1/s1. The Morgan fingerprint density at radius 3 is 0.829 bits per heavy atom. The monoisotopic (exact) mass is 952 g/mol. The molecular weight excluding hydrogens is 889 g/mol. The largest absolute Gasteiger partial charge is 0.368 e. The molecule has 2 heterocycles. The van der Waals surface area contributed by atoms with Crippen LogP contribution >= 0.6 is 0 Å². The van der Waals surface area contributed by atoms with Gasteiger partial charge in [0.1, 0.15) is 48.8 Å². The van der Waals surface area contributed by atoms with E-state index in [1.165, 1.54) is 0 Å². The molecule has 2 N–H and O–H groups in total. The molecule has 368 valence electrons. The number of rotatable bonds is 24. The Labute approximate surface area is 411 Å². The third-order valence-corrected chi connectivity index (χ3v) is 12.3. The molecule has 13 nitrogen and oxygen atoms in total. The van der Waals surface area contributed by atoms with E-state index in [1.54, 1.807) is 14.2 Å². The Morgan fingerprint density at radius 2 is 0.586 bits per heavy atom. The van der Waals surface area contributed by atoms with Gasteiger partial charge in [0.2, 0.25) is 0 Å². The van der Waals surface area contributed by atoms with Gasteiger partial charge in [-0.1, -0.05) is 182 Å². The summed E-state index contributed by atoms with van der Waals surface area (Å²) in [5.41, 5.74) is 5.86. The minimum absolute atomic E-state index is 0.0418. The van der Waals surface area contributed by atoms with Crippen molar-refractivity contribution in [2.24, 2.45) is 0 Å². The smallest absolute Gasteiger partial charge is 0.314 e. The molecule has 0 radical (unpaired) electrons. The van der Waals surface area contributed by atoms with E-state index in [2.05, 4.69) is 10.6 Å². The van der Waals surface area contributed by atoms with Crippen molar-refractivity contribution in [1.82, 2.24) is 10.6 Å². The van der Waals surface area contributed by atoms with E-state index in [9.17, 15) is 4.79 Å². The van der Waals surface area contributed by atoms with Crippen LogP contribution in [0.15, 0.2) is 182 Å². The molecule has 2 aliphatic rings. The molecule has 2 saturated heterocycles. The Kier molecular flexibility index (Phi) is 19.5. The van der Waals surface area contributed by atoms with E-state index in [-0.39, 0.29) is 52.7 Å². The minimum Gasteiger partial charge on any atom is -0.368 e. The molecule has 2 fully saturated rings. The summed E-state index contributed by atoms with van der Waals surface area (Å²) in [6, 6.07) is 59.0. The first-order valence-electron chi connectivity index (χ1n) is 23.9. The molecule has 6 aromatic rings. The van der Waals surface area contributed by atoms with E-state index in [0.29, 0.717) is 0 Å². The van der Waals surface area contributed by atoms with E-state index in [0.717, 1.165) is 33.4 Å². The van der Waals surface area contributed by atoms with E-state index >= 15 is 0 Å². The summed E-state index contributed by atoms with van der Waals surface area (Å²) in [5.74, 6) is 0. The number of methoxy groups -OCH3 is 2. The maximum atomic E-state index is 14.0. The maximum Gasteiger partial charge on any atom is 0.314 e. The highest BCUT2D eigenvalue weighted by Gasteiger charge is 2.50. The number of urea groups is 1. The Balaban J connectivity index is 1.00. The lowest BCUT2D eigenvalue weighted by molar-refractivity contribution is -0.316. The molecule has 0 saturated carbocycles. The van der Waals surface area contributed by atoms with Gasteiger partial charge in [0.25, 0.3) is 0 Å². The van der Waals surface area contributed by atoms with Crippen LogP contribution in [-0.2, 0) is 87.0 Å². The molecule has 6 aromatic carbocycles. The summed E-state index contributed by atoms with van der Waals surface area (Å²) in [6.07, 6.45) is -7.29. The Morgan fingerprint density at radius 1 is 0.357 bits per heavy atom. The van der Waals surface area contributed by atoms with Gasteiger partial charge in [-0.2, -0.15) is 0 Å². The van der Waals surface area contributed by atoms with Crippen LogP contribution in [0.1, 0.15) is 33.4 Å². The molecule has 10 atom stereocenters. The number of hydrogen-bond acceptors (Lipinski definition) is 11. The summed E-state index contributed by atoms with van der Waals surface area (Å²) in [6.45, 7) is 1.75. The molecular formula is C57H64N2O11. The van der Waals surface area contributed by atoms with Crippen molar-refractivity contribution >= 4 is 6.03 Å². The highest BCUT2D eigenvalue weighted by Crippen LogP contribution is 2.33. The summed E-state index contributed by atoms with van der Waals surface area (Å²) in [4.78, 5) is 14.0. The summed E-state index contributed by atoms with van der Waals surface area (Å²) >= 11 is 0. The third kappa shape index (κ3) is 14.6. The fourth-order valence-electron chi connectivity index (χ4n) is 8.65. The second-order valence-electron chi connectivity index (χ2n) is 17.2. The molecule has 0 bridgehead atoms. The molecule has 0 aliphatic carbocycles. The summed E-state index contributed by atoms with van der Waals surface area (Å²) < 4.78 is 65.4. The number of carbonyl (C=O) groups excluding carboxylic acids is 1. The van der Waals surface area contributed by atoms with Crippen molar-refractivity contribution in [1.29, 1.82) is 0 Å². The second kappa shape index (κ2) is 27.0. The van der Waals surface area contributed by atoms with Crippen LogP contribution in [0.25, 0.3) is 0 Å². The number of carbonyl (C=O) groups is 1. The number of nitrogens with one attached hydrogen (secondary N) is 2. The summed E-state index contributed by atoms with van der Waals surface area (Å²) in [5, 5.41) is 6.09. The lowest BCUT2D eigenvalue weighted by atomic mass is 9.97. The van der Waals surface area contributed by atoms with Gasteiger partial charge in [0.05, 0.1) is 39.6 Å². The highest BCUT2D eigenvalue weighted by atomic mass is 16.7. The van der Waals surface area contributed by atoms with Gasteiger partial charge < -0.3 is 58.0 Å². The topological polar surface area (TPSA) is 133 Å². The SMILES string of the molecule is CO[C@H]1O[C@H](CNC(=O)NC[C@H]2O[C@H](OC)[C@H](OCc3ccccc3)[C@@H](OCc3ccccc3)[C@@H]2OCc2ccccc2)[C@@H](OCc2ccccc2)[C@H](OCc2ccccc2)[C@@H]1OCc1ccccc1. The fraction of sp³-hybridized carbons (Fsp3) is 0.351. The number of ether oxygens (including phenoxy) is 10. The molecule has 70 heavy (non-hydrogen) atoms. The zero-order chi connectivity index (χ0) is 48.2. The highest BCUT2D eigenvalue weighted by molar-refractivity contribution is 5.73. The van der Waals surface area contributed by atoms with Crippen LogP contribution < -0.4 is 10.6 Å². The first-order chi connectivity index (χ1) is 34.5. The molecule has 13 heteroatoms. The van der Waals surface area contributed by atoms with Crippen molar-refractivity contribution in [2.75, 3.05) is 27.3 Å². The van der Waals surface area contributed by atoms with Gasteiger partial charge >= 0.3 is 6.03 Å². The molecule has 0 unspecified atom stereocenters. The van der Waals surface area contributed by atoms with Crippen molar-refractivity contribution in [2.45, 2.75) is 101 Å². The van der Waals surface area contributed by atoms with Crippen LogP contribution in [0.5, 0.6) is 0 Å². The lowest BCUT2D eigenvalue weighted by Crippen LogP contribution is -2.64. The summed E-state index contributed by atoms with van der Waals surface area (Å²) in [7, 11) is 3.14. The van der Waals surface area contributed by atoms with Crippen molar-refractivity contribution in [3.8, 4) is 0 Å². The molecule has 0 spiro atoms. The normalized spacial score (nSPS) is 24.4. The average molecular weight is 953 g/mol. The van der Waals surface area contributed by atoms with E-state index in [1.807, 2.05) is 182 Å². The van der Waals surface area contributed by atoms with E-state index in [4.69, 9.17) is 47.4 Å². The van der Waals surface area contributed by atoms with Crippen LogP contribution in [0.2, 0.25) is 0 Å². The number of benzene rings is 6. The zero-order valence-electron chi connectivity index (χ0n) is 39.7. The van der Waals surface area contributed by atoms with Crippen LogP contribution in [0, 0.1) is 0 Å². The Bertz CT molecular complexity index is 2210. The predicted molar refractivity (Wildman–Crippen MR) is 263 cm³/mol. The van der Waals surface area contributed by atoms with Gasteiger partial charge in [0, 0.05) is 27.3 Å². The van der Waals surface area contributed by atoms with Gasteiger partial charge in [-0.25, -0.2) is 4.79 Å². The number of amides is 2. The predicted octanol–water partition coefficient (Wildman–Crippen LogP) is 8.54. The first kappa shape index (κ1) is 50.6. The molecule has 2 aliphatic heterocycles. The van der Waals surface area contributed by atoms with E-state index < -0.39 is 67.4 Å². The Hall–Kier alpha value is -5.81. The van der Waals surface area contributed by atoms with Gasteiger partial charge in [-0.05, 0) is 33.4 Å². The fourth-order valence-corrected chi connectivity index (χ4v) is 8.65. The zero-order valence-corrected chi connectivity index (χ0v) is 39.7. The minimum atomic E-state index is -0.857. The lowest BCUT2D eigenvalue weighted by Gasteiger charge is -2.46. The van der Waals surface area contributed by atoms with Crippen molar-refractivity contribution in [3.05, 3.63) is 215 Å². The average Bonchev–Trinajstić information content (AvgIpc) is 3.42. The van der Waals surface area contributed by atoms with Crippen LogP contribution in [0.4, 0.5) is 4.79 Å². The second-order valence-corrected chi connectivity index (χ2v) is 17.2. The molecule has 0 aromatic heterocycles. The molecule has 2 amide bonds. The number of hydrogen-bond donors (Lipinski definition) is 2. The van der Waals surface area contributed by atoms with Gasteiger partial charge in [0.15, 0.2) is 12.6 Å². The molecule has 8 rings (SSSR count). The van der Waals surface area contributed by atoms with Gasteiger partial charge in [-0.3, -0.25) is 0 Å².